The van der Waals surface area contributed by atoms with Gasteiger partial charge in [0.05, 0.1) is 21.7 Å². The van der Waals surface area contributed by atoms with Gasteiger partial charge in [-0.3, -0.25) is 4.57 Å². The van der Waals surface area contributed by atoms with E-state index in [0.29, 0.717) is 9.79 Å². The molecule has 0 fully saturated rings. The number of hydrogen-bond acceptors (Lipinski definition) is 1. The molecule has 0 saturated carbocycles. The lowest BCUT2D eigenvalue weighted by atomic mass is 10.2. The number of aryl methyl sites for hydroxylation is 1. The maximum absolute atomic E-state index is 6.31. The highest BCUT2D eigenvalue weighted by Crippen LogP contribution is 2.28. The van der Waals surface area contributed by atoms with E-state index in [4.69, 9.17) is 23.8 Å². The molecule has 1 aromatic heterocycles. The van der Waals surface area contributed by atoms with E-state index in [1.807, 2.05) is 22.8 Å². The fraction of sp³-hybridized carbons (Fsp3) is 0.0714. The summed E-state index contributed by atoms with van der Waals surface area (Å²) >= 11 is 15.1. The number of fused-ring (bicyclic) bond motifs is 1. The van der Waals surface area contributed by atoms with Gasteiger partial charge in [-0.2, -0.15) is 0 Å². The molecule has 0 radical (unpaired) electrons. The van der Waals surface area contributed by atoms with Gasteiger partial charge in [-0.15, -0.1) is 0 Å². The summed E-state index contributed by atoms with van der Waals surface area (Å²) in [6.07, 6.45) is 0. The van der Waals surface area contributed by atoms with Gasteiger partial charge in [-0.1, -0.05) is 33.6 Å². The molecule has 1 heterocycles. The number of hydrogen-bond donors (Lipinski definition) is 1. The molecule has 96 valence electrons. The number of H-pyrrole nitrogens is 1. The zero-order chi connectivity index (χ0) is 13.6. The molecular weight excluding hydrogens is 344 g/mol. The van der Waals surface area contributed by atoms with Crippen LogP contribution in [0.5, 0.6) is 0 Å². The number of nitrogens with zero attached hydrogens (tertiary/aromatic N) is 1. The lowest BCUT2D eigenvalue weighted by Crippen LogP contribution is -1.95. The van der Waals surface area contributed by atoms with Crippen molar-refractivity contribution in [1.82, 2.24) is 9.55 Å². The second-order valence-electron chi connectivity index (χ2n) is 4.38. The largest absolute Gasteiger partial charge is 0.330 e. The van der Waals surface area contributed by atoms with Gasteiger partial charge in [0.2, 0.25) is 0 Å². The average Bonchev–Trinajstić information content (AvgIpc) is 2.65. The van der Waals surface area contributed by atoms with Gasteiger partial charge < -0.3 is 4.98 Å². The predicted octanol–water partition coefficient (Wildman–Crippen LogP) is 5.41. The first kappa shape index (κ1) is 12.9. The van der Waals surface area contributed by atoms with Crippen molar-refractivity contribution in [2.45, 2.75) is 6.92 Å². The number of aromatic nitrogens is 2. The second kappa shape index (κ2) is 4.78. The van der Waals surface area contributed by atoms with E-state index >= 15 is 0 Å². The van der Waals surface area contributed by atoms with Gasteiger partial charge in [0.1, 0.15) is 0 Å². The molecule has 0 unspecified atom stereocenters. The van der Waals surface area contributed by atoms with Gasteiger partial charge in [0, 0.05) is 4.47 Å². The van der Waals surface area contributed by atoms with Crippen molar-refractivity contribution in [2.24, 2.45) is 0 Å². The third-order valence-electron chi connectivity index (χ3n) is 2.99. The molecule has 2 nitrogen and oxygen atoms in total. The van der Waals surface area contributed by atoms with Crippen LogP contribution in [0.15, 0.2) is 40.9 Å². The van der Waals surface area contributed by atoms with Crippen molar-refractivity contribution < 1.29 is 0 Å². The van der Waals surface area contributed by atoms with Crippen LogP contribution in [0.25, 0.3) is 16.7 Å². The van der Waals surface area contributed by atoms with E-state index in [2.05, 4.69) is 46.0 Å². The summed E-state index contributed by atoms with van der Waals surface area (Å²) in [4.78, 5) is 3.22. The summed E-state index contributed by atoms with van der Waals surface area (Å²) in [6.45, 7) is 2.06. The summed E-state index contributed by atoms with van der Waals surface area (Å²) in [5, 5.41) is 0.659. The molecule has 0 atom stereocenters. The minimum absolute atomic E-state index is 0.643. The SMILES string of the molecule is Cc1ccc2c(c1)[nH]c(=S)n2-c1ccc(Br)cc1Cl. The Morgan fingerprint density at radius 3 is 2.74 bits per heavy atom. The molecule has 0 spiro atoms. The Balaban J connectivity index is 2.36. The van der Waals surface area contributed by atoms with Crippen molar-refractivity contribution >= 4 is 50.8 Å². The summed E-state index contributed by atoms with van der Waals surface area (Å²) in [6, 6.07) is 12.0. The molecule has 0 amide bonds. The summed E-state index contributed by atoms with van der Waals surface area (Å²) < 4.78 is 3.55. The van der Waals surface area contributed by atoms with Gasteiger partial charge in [-0.05, 0) is 55.0 Å². The minimum atomic E-state index is 0.643. The number of imidazole rings is 1. The molecule has 5 heteroatoms. The molecule has 2 aromatic carbocycles. The van der Waals surface area contributed by atoms with Crippen LogP contribution in [0.2, 0.25) is 5.02 Å². The fourth-order valence-electron chi connectivity index (χ4n) is 2.13. The Labute approximate surface area is 129 Å². The van der Waals surface area contributed by atoms with Crippen molar-refractivity contribution in [3.05, 3.63) is 56.2 Å². The average molecular weight is 354 g/mol. The molecule has 19 heavy (non-hydrogen) atoms. The summed E-state index contributed by atoms with van der Waals surface area (Å²) in [7, 11) is 0. The Morgan fingerprint density at radius 1 is 1.21 bits per heavy atom. The maximum atomic E-state index is 6.31. The van der Waals surface area contributed by atoms with E-state index in [-0.39, 0.29) is 0 Å². The van der Waals surface area contributed by atoms with E-state index in [1.165, 1.54) is 5.56 Å². The first-order valence-electron chi connectivity index (χ1n) is 5.73. The molecule has 1 N–H and O–H groups in total. The zero-order valence-corrected chi connectivity index (χ0v) is 13.2. The predicted molar refractivity (Wildman–Crippen MR) is 85.9 cm³/mol. The second-order valence-corrected chi connectivity index (χ2v) is 6.09. The van der Waals surface area contributed by atoms with Crippen LogP contribution in [0.3, 0.4) is 0 Å². The first-order chi connectivity index (χ1) is 9.06. The molecular formula is C14H10BrClN2S. The van der Waals surface area contributed by atoms with Gasteiger partial charge >= 0.3 is 0 Å². The quantitative estimate of drug-likeness (QED) is 0.580. The van der Waals surface area contributed by atoms with E-state index in [9.17, 15) is 0 Å². The van der Waals surface area contributed by atoms with Crippen molar-refractivity contribution in [3.8, 4) is 5.69 Å². The summed E-state index contributed by atoms with van der Waals surface area (Å²) in [5.41, 5.74) is 4.12. The normalized spacial score (nSPS) is 11.1. The number of nitrogens with one attached hydrogen (secondary N) is 1. The molecule has 0 aliphatic rings. The lowest BCUT2D eigenvalue weighted by Gasteiger charge is -2.07. The Hall–Kier alpha value is -1.10. The smallest absolute Gasteiger partial charge is 0.182 e. The third-order valence-corrected chi connectivity index (χ3v) is 4.07. The monoisotopic (exact) mass is 352 g/mol. The highest BCUT2D eigenvalue weighted by atomic mass is 79.9. The van der Waals surface area contributed by atoms with Crippen molar-refractivity contribution in [1.29, 1.82) is 0 Å². The van der Waals surface area contributed by atoms with Crippen LogP contribution < -0.4 is 0 Å². The third kappa shape index (κ3) is 2.24. The van der Waals surface area contributed by atoms with Crippen LogP contribution >= 0.6 is 39.7 Å². The summed E-state index contributed by atoms with van der Waals surface area (Å²) in [5.74, 6) is 0. The molecule has 0 aliphatic heterocycles. The van der Waals surface area contributed by atoms with Crippen LogP contribution in [0, 0.1) is 11.7 Å². The lowest BCUT2D eigenvalue weighted by molar-refractivity contribution is 1.06. The van der Waals surface area contributed by atoms with Crippen LogP contribution in [-0.2, 0) is 0 Å². The van der Waals surface area contributed by atoms with Crippen LogP contribution in [0.4, 0.5) is 0 Å². The standard InChI is InChI=1S/C14H10BrClN2S/c1-8-2-4-13-11(6-8)17-14(19)18(13)12-5-3-9(15)7-10(12)16/h2-7H,1H3,(H,17,19). The van der Waals surface area contributed by atoms with Gasteiger partial charge in [0.25, 0.3) is 0 Å². The molecule has 0 saturated heterocycles. The molecule has 3 aromatic rings. The van der Waals surface area contributed by atoms with Crippen molar-refractivity contribution in [2.75, 3.05) is 0 Å². The number of benzene rings is 2. The van der Waals surface area contributed by atoms with E-state index in [0.717, 1.165) is 21.2 Å². The first-order valence-corrected chi connectivity index (χ1v) is 7.31. The Bertz CT molecular complexity index is 835. The molecule has 0 bridgehead atoms. The fourth-order valence-corrected chi connectivity index (χ4v) is 3.19. The van der Waals surface area contributed by atoms with E-state index in [1.54, 1.807) is 0 Å². The molecule has 3 rings (SSSR count). The molecule has 0 aliphatic carbocycles. The highest BCUT2D eigenvalue weighted by Gasteiger charge is 2.10. The number of aromatic amines is 1. The van der Waals surface area contributed by atoms with Gasteiger partial charge in [0.15, 0.2) is 4.77 Å². The maximum Gasteiger partial charge on any atom is 0.182 e. The van der Waals surface area contributed by atoms with Gasteiger partial charge in [-0.25, -0.2) is 0 Å². The zero-order valence-electron chi connectivity index (χ0n) is 10.1. The minimum Gasteiger partial charge on any atom is -0.330 e. The van der Waals surface area contributed by atoms with Crippen LogP contribution in [0.1, 0.15) is 5.56 Å². The van der Waals surface area contributed by atoms with Crippen LogP contribution in [-0.4, -0.2) is 9.55 Å². The Morgan fingerprint density at radius 2 is 2.00 bits per heavy atom. The topological polar surface area (TPSA) is 20.7 Å². The Kier molecular flexibility index (Phi) is 3.25. The van der Waals surface area contributed by atoms with E-state index < -0.39 is 0 Å². The highest BCUT2D eigenvalue weighted by molar-refractivity contribution is 9.10. The number of rotatable bonds is 1. The number of halogens is 2. The van der Waals surface area contributed by atoms with Crippen molar-refractivity contribution in [3.63, 3.8) is 0 Å².